The van der Waals surface area contributed by atoms with E-state index in [0.717, 1.165) is 25.0 Å². The van der Waals surface area contributed by atoms with Crippen LogP contribution in [-0.4, -0.2) is 41.2 Å². The first kappa shape index (κ1) is 17.9. The van der Waals surface area contributed by atoms with E-state index >= 15 is 0 Å². The molecule has 7 nitrogen and oxygen atoms in total. The Kier molecular flexibility index (Phi) is 5.80. The largest absolute Gasteiger partial charge is 0.477 e. The number of carboxylic acid groups (broad SMARTS) is 1. The van der Waals surface area contributed by atoms with Gasteiger partial charge in [-0.1, -0.05) is 18.2 Å². The summed E-state index contributed by atoms with van der Waals surface area (Å²) >= 11 is 0. The number of pyridine rings is 1. The quantitative estimate of drug-likeness (QED) is 0.705. The summed E-state index contributed by atoms with van der Waals surface area (Å²) in [5, 5.41) is 15.0. The van der Waals surface area contributed by atoms with Gasteiger partial charge in [-0.05, 0) is 42.7 Å². The molecule has 0 radical (unpaired) electrons. The highest BCUT2D eigenvalue weighted by Gasteiger charge is 2.16. The third-order valence-electron chi connectivity index (χ3n) is 4.15. The van der Waals surface area contributed by atoms with Crippen LogP contribution in [0.1, 0.15) is 39.3 Å². The van der Waals surface area contributed by atoms with Gasteiger partial charge in [-0.3, -0.25) is 4.79 Å². The van der Waals surface area contributed by atoms with Gasteiger partial charge in [0.2, 0.25) is 0 Å². The molecule has 1 aromatic heterocycles. The van der Waals surface area contributed by atoms with Gasteiger partial charge >= 0.3 is 5.97 Å². The molecular formula is C19H21N3O4. The Morgan fingerprint density at radius 1 is 1.23 bits per heavy atom. The van der Waals surface area contributed by atoms with Crippen molar-refractivity contribution < 1.29 is 19.4 Å². The Balaban J connectivity index is 1.57. The maximum absolute atomic E-state index is 12.3. The van der Waals surface area contributed by atoms with Crippen molar-refractivity contribution in [3.8, 4) is 0 Å². The zero-order valence-electron chi connectivity index (χ0n) is 14.3. The van der Waals surface area contributed by atoms with Crippen LogP contribution in [0.15, 0.2) is 42.5 Å². The molecule has 1 aliphatic rings. The van der Waals surface area contributed by atoms with Crippen LogP contribution in [0.2, 0.25) is 0 Å². The minimum Gasteiger partial charge on any atom is -0.477 e. The molecule has 0 saturated carbocycles. The van der Waals surface area contributed by atoms with Crippen LogP contribution in [0.25, 0.3) is 0 Å². The summed E-state index contributed by atoms with van der Waals surface area (Å²) in [6.45, 7) is 1.72. The first-order valence-electron chi connectivity index (χ1n) is 8.55. The third kappa shape index (κ3) is 4.80. The molecule has 1 aliphatic heterocycles. The van der Waals surface area contributed by atoms with Crippen molar-refractivity contribution in [3.63, 3.8) is 0 Å². The first-order chi connectivity index (χ1) is 12.6. The lowest BCUT2D eigenvalue weighted by molar-refractivity contribution is 0.0690. The number of amides is 1. The van der Waals surface area contributed by atoms with Crippen LogP contribution in [0, 0.1) is 0 Å². The van der Waals surface area contributed by atoms with Crippen molar-refractivity contribution in [2.45, 2.75) is 25.5 Å². The van der Waals surface area contributed by atoms with Gasteiger partial charge in [-0.25, -0.2) is 9.78 Å². The number of hydrogen-bond acceptors (Lipinski definition) is 5. The van der Waals surface area contributed by atoms with E-state index in [1.165, 1.54) is 6.07 Å². The molecule has 2 heterocycles. The Labute approximate surface area is 151 Å². The van der Waals surface area contributed by atoms with Crippen LogP contribution in [0.5, 0.6) is 0 Å². The van der Waals surface area contributed by atoms with Gasteiger partial charge in [0.05, 0.1) is 6.10 Å². The monoisotopic (exact) mass is 355 g/mol. The number of hydrogen-bond donors (Lipinski definition) is 3. The van der Waals surface area contributed by atoms with Gasteiger partial charge in [-0.15, -0.1) is 0 Å². The molecule has 0 spiro atoms. The topological polar surface area (TPSA) is 101 Å². The van der Waals surface area contributed by atoms with E-state index in [0.29, 0.717) is 24.5 Å². The van der Waals surface area contributed by atoms with E-state index in [1.807, 2.05) is 12.1 Å². The SMILES string of the molecule is O=C(NCC1CCCO1)c1cccc(CNc2cccc(C(=O)O)n2)c1. The minimum atomic E-state index is -1.07. The molecule has 136 valence electrons. The number of aromatic carboxylic acids is 1. The molecule has 3 N–H and O–H groups in total. The zero-order valence-corrected chi connectivity index (χ0v) is 14.3. The second kappa shape index (κ2) is 8.44. The standard InChI is InChI=1S/C19H21N3O4/c23-18(21-12-15-6-3-9-26-15)14-5-1-4-13(10-14)11-20-17-8-2-7-16(22-17)19(24)25/h1-2,4-5,7-8,10,15H,3,6,9,11-12H2,(H,20,22)(H,21,23)(H,24,25). The molecule has 1 unspecified atom stereocenters. The van der Waals surface area contributed by atoms with Crippen LogP contribution in [-0.2, 0) is 11.3 Å². The molecule has 0 aliphatic carbocycles. The number of carbonyl (C=O) groups excluding carboxylic acids is 1. The Hall–Kier alpha value is -2.93. The number of aromatic nitrogens is 1. The Bertz CT molecular complexity index is 788. The van der Waals surface area contributed by atoms with Gasteiger partial charge in [0.15, 0.2) is 5.69 Å². The summed E-state index contributed by atoms with van der Waals surface area (Å²) in [5.74, 6) is -0.731. The number of anilines is 1. The first-order valence-corrected chi connectivity index (χ1v) is 8.55. The van der Waals surface area contributed by atoms with Gasteiger partial charge in [0.1, 0.15) is 5.82 Å². The number of nitrogens with zero attached hydrogens (tertiary/aromatic N) is 1. The Morgan fingerprint density at radius 3 is 2.85 bits per heavy atom. The van der Waals surface area contributed by atoms with Crippen LogP contribution in [0.4, 0.5) is 5.82 Å². The molecule has 3 rings (SSSR count). The second-order valence-electron chi connectivity index (χ2n) is 6.11. The molecular weight excluding hydrogens is 334 g/mol. The van der Waals surface area contributed by atoms with E-state index in [4.69, 9.17) is 9.84 Å². The van der Waals surface area contributed by atoms with Crippen molar-refractivity contribution in [2.75, 3.05) is 18.5 Å². The van der Waals surface area contributed by atoms with E-state index in [2.05, 4.69) is 15.6 Å². The van der Waals surface area contributed by atoms with Crippen molar-refractivity contribution in [2.24, 2.45) is 0 Å². The van der Waals surface area contributed by atoms with Crippen molar-refractivity contribution >= 4 is 17.7 Å². The summed E-state index contributed by atoms with van der Waals surface area (Å²) in [6.07, 6.45) is 2.13. The average molecular weight is 355 g/mol. The fourth-order valence-corrected chi connectivity index (χ4v) is 2.78. The van der Waals surface area contributed by atoms with Crippen molar-refractivity contribution in [1.29, 1.82) is 0 Å². The summed E-state index contributed by atoms with van der Waals surface area (Å²) in [5.41, 5.74) is 1.46. The normalized spacial score (nSPS) is 16.2. The Morgan fingerprint density at radius 2 is 2.08 bits per heavy atom. The van der Waals surface area contributed by atoms with Gasteiger partial charge in [0.25, 0.3) is 5.91 Å². The molecule has 1 fully saturated rings. The molecule has 0 bridgehead atoms. The van der Waals surface area contributed by atoms with Crippen LogP contribution < -0.4 is 10.6 Å². The van der Waals surface area contributed by atoms with E-state index in [-0.39, 0.29) is 17.7 Å². The molecule has 2 aromatic rings. The molecule has 1 saturated heterocycles. The second-order valence-corrected chi connectivity index (χ2v) is 6.11. The van der Waals surface area contributed by atoms with E-state index in [1.54, 1.807) is 24.3 Å². The minimum absolute atomic E-state index is 0.0164. The zero-order chi connectivity index (χ0) is 18.4. The predicted molar refractivity (Wildman–Crippen MR) is 96.3 cm³/mol. The lowest BCUT2D eigenvalue weighted by atomic mass is 10.1. The fraction of sp³-hybridized carbons (Fsp3) is 0.316. The van der Waals surface area contributed by atoms with Gasteiger partial charge < -0.3 is 20.5 Å². The summed E-state index contributed by atoms with van der Waals surface area (Å²) in [6, 6.07) is 12.0. The van der Waals surface area contributed by atoms with Gasteiger partial charge in [0, 0.05) is 25.3 Å². The molecule has 1 amide bonds. The van der Waals surface area contributed by atoms with Crippen molar-refractivity contribution in [3.05, 3.63) is 59.3 Å². The lowest BCUT2D eigenvalue weighted by Crippen LogP contribution is -2.31. The highest BCUT2D eigenvalue weighted by atomic mass is 16.5. The number of carbonyl (C=O) groups is 2. The highest BCUT2D eigenvalue weighted by Crippen LogP contribution is 2.12. The number of carboxylic acids is 1. The maximum atomic E-state index is 12.3. The van der Waals surface area contributed by atoms with Crippen LogP contribution >= 0.6 is 0 Å². The number of nitrogens with one attached hydrogen (secondary N) is 2. The summed E-state index contributed by atoms with van der Waals surface area (Å²) < 4.78 is 5.50. The summed E-state index contributed by atoms with van der Waals surface area (Å²) in [4.78, 5) is 27.3. The fourth-order valence-electron chi connectivity index (χ4n) is 2.78. The van der Waals surface area contributed by atoms with E-state index < -0.39 is 5.97 Å². The third-order valence-corrected chi connectivity index (χ3v) is 4.15. The predicted octanol–water partition coefficient (Wildman–Crippen LogP) is 2.30. The lowest BCUT2D eigenvalue weighted by Gasteiger charge is -2.12. The number of rotatable bonds is 7. The molecule has 1 aromatic carbocycles. The van der Waals surface area contributed by atoms with E-state index in [9.17, 15) is 9.59 Å². The number of ether oxygens (including phenoxy) is 1. The molecule has 26 heavy (non-hydrogen) atoms. The smallest absolute Gasteiger partial charge is 0.354 e. The molecule has 1 atom stereocenters. The maximum Gasteiger partial charge on any atom is 0.354 e. The summed E-state index contributed by atoms with van der Waals surface area (Å²) in [7, 11) is 0. The van der Waals surface area contributed by atoms with Gasteiger partial charge in [-0.2, -0.15) is 0 Å². The number of benzene rings is 1. The van der Waals surface area contributed by atoms with Crippen LogP contribution in [0.3, 0.4) is 0 Å². The van der Waals surface area contributed by atoms with Crippen molar-refractivity contribution in [1.82, 2.24) is 10.3 Å². The highest BCUT2D eigenvalue weighted by molar-refractivity contribution is 5.94. The molecule has 7 heteroatoms. The average Bonchev–Trinajstić information content (AvgIpc) is 3.18.